The molecule has 0 atom stereocenters. The summed E-state index contributed by atoms with van der Waals surface area (Å²) in [5.41, 5.74) is 7.49. The lowest BCUT2D eigenvalue weighted by Gasteiger charge is -2.10. The van der Waals surface area contributed by atoms with E-state index in [9.17, 15) is 0 Å². The first-order chi connectivity index (χ1) is 10.8. The van der Waals surface area contributed by atoms with Crippen LogP contribution in [0.1, 0.15) is 17.8 Å². The Balaban J connectivity index is 1.83. The minimum Gasteiger partial charge on any atom is -0.298 e. The van der Waals surface area contributed by atoms with Crippen molar-refractivity contribution in [2.75, 3.05) is 0 Å². The molecule has 2 aliphatic carbocycles. The number of nitrogens with zero attached hydrogens (tertiary/aromatic N) is 4. The van der Waals surface area contributed by atoms with Gasteiger partial charge in [0.2, 0.25) is 0 Å². The van der Waals surface area contributed by atoms with Crippen LogP contribution in [0.4, 0.5) is 0 Å². The number of imidazole rings is 1. The lowest BCUT2D eigenvalue weighted by atomic mass is 10.0. The van der Waals surface area contributed by atoms with E-state index in [0.29, 0.717) is 5.56 Å². The number of benzene rings is 1. The molecule has 2 aromatic rings. The second-order valence-electron chi connectivity index (χ2n) is 5.58. The molecule has 1 aromatic carbocycles. The number of hydrogen-bond donors (Lipinski definition) is 0. The zero-order valence-electron chi connectivity index (χ0n) is 11.6. The zero-order valence-corrected chi connectivity index (χ0v) is 11.6. The van der Waals surface area contributed by atoms with Crippen molar-refractivity contribution in [2.45, 2.75) is 6.42 Å². The molecule has 0 radical (unpaired) electrons. The molecule has 3 aliphatic rings. The highest BCUT2D eigenvalue weighted by Gasteiger charge is 2.28. The minimum atomic E-state index is 0.637. The highest BCUT2D eigenvalue weighted by molar-refractivity contribution is 5.90. The first-order valence-corrected chi connectivity index (χ1v) is 7.11. The van der Waals surface area contributed by atoms with Gasteiger partial charge in [0.25, 0.3) is 0 Å². The molecular formula is C18H10N4. The van der Waals surface area contributed by atoms with Crippen LogP contribution in [0.2, 0.25) is 0 Å². The molecule has 22 heavy (non-hydrogen) atoms. The number of rotatable bonds is 0. The van der Waals surface area contributed by atoms with Gasteiger partial charge in [-0.3, -0.25) is 9.56 Å². The third-order valence-electron chi connectivity index (χ3n) is 4.35. The van der Waals surface area contributed by atoms with Crippen molar-refractivity contribution in [1.29, 1.82) is 5.26 Å². The molecule has 1 saturated carbocycles. The van der Waals surface area contributed by atoms with Crippen molar-refractivity contribution >= 4 is 23.4 Å². The van der Waals surface area contributed by atoms with Gasteiger partial charge in [0.15, 0.2) is 5.82 Å². The van der Waals surface area contributed by atoms with E-state index in [1.54, 1.807) is 12.3 Å². The van der Waals surface area contributed by atoms with Gasteiger partial charge >= 0.3 is 0 Å². The standard InChI is InChI=1S/C18H10N4/c19-7-11-1-4-16-17(5-11)22-10-15-13-3-2-12(6-13)14(15)8-20-9-18(22)21-16/h1-5,8-10H,6H2. The van der Waals surface area contributed by atoms with E-state index in [1.165, 1.54) is 22.3 Å². The topological polar surface area (TPSA) is 54.0 Å². The summed E-state index contributed by atoms with van der Waals surface area (Å²) in [5.74, 6) is 0.783. The fourth-order valence-corrected chi connectivity index (χ4v) is 3.26. The second kappa shape index (κ2) is 3.92. The molecule has 0 amide bonds. The lowest BCUT2D eigenvalue weighted by molar-refractivity contribution is 1.13. The Bertz CT molecular complexity index is 1050. The molecule has 1 fully saturated rings. The predicted octanol–water partition coefficient (Wildman–Crippen LogP) is 3.34. The van der Waals surface area contributed by atoms with Gasteiger partial charge < -0.3 is 0 Å². The highest BCUT2D eigenvalue weighted by atomic mass is 15.1. The number of nitriles is 1. The second-order valence-corrected chi connectivity index (χ2v) is 5.58. The summed E-state index contributed by atoms with van der Waals surface area (Å²) in [7, 11) is 0. The van der Waals surface area contributed by atoms with Gasteiger partial charge in [-0.2, -0.15) is 5.26 Å². The molecule has 4 nitrogen and oxygen atoms in total. The van der Waals surface area contributed by atoms with Crippen molar-refractivity contribution in [3.8, 4) is 6.07 Å². The van der Waals surface area contributed by atoms with E-state index in [-0.39, 0.29) is 0 Å². The lowest BCUT2D eigenvalue weighted by Crippen LogP contribution is -2.00. The van der Waals surface area contributed by atoms with Crippen LogP contribution >= 0.6 is 0 Å². The van der Waals surface area contributed by atoms with Gasteiger partial charge in [-0.05, 0) is 35.8 Å². The molecule has 0 saturated heterocycles. The summed E-state index contributed by atoms with van der Waals surface area (Å²) in [6.45, 7) is 0. The van der Waals surface area contributed by atoms with E-state index >= 15 is 0 Å². The van der Waals surface area contributed by atoms with Crippen LogP contribution in [0.5, 0.6) is 0 Å². The predicted molar refractivity (Wildman–Crippen MR) is 85.2 cm³/mol. The summed E-state index contributed by atoms with van der Waals surface area (Å²) < 4.78 is 2.03. The van der Waals surface area contributed by atoms with E-state index in [0.717, 1.165) is 23.3 Å². The number of fused-ring (bicyclic) bond motifs is 8. The number of allylic oxidation sites excluding steroid dienone is 6. The van der Waals surface area contributed by atoms with E-state index in [1.807, 2.05) is 22.9 Å². The molecular weight excluding hydrogens is 272 g/mol. The van der Waals surface area contributed by atoms with Gasteiger partial charge in [-0.25, -0.2) is 4.98 Å². The van der Waals surface area contributed by atoms with Gasteiger partial charge in [-0.1, -0.05) is 12.2 Å². The van der Waals surface area contributed by atoms with Crippen LogP contribution in [-0.4, -0.2) is 15.8 Å². The molecule has 0 unspecified atom stereocenters. The quantitative estimate of drug-likeness (QED) is 0.744. The third-order valence-corrected chi connectivity index (χ3v) is 4.35. The maximum Gasteiger partial charge on any atom is 0.156 e. The Labute approximate surface area is 126 Å². The summed E-state index contributed by atoms with van der Waals surface area (Å²) in [6, 6.07) is 7.74. The van der Waals surface area contributed by atoms with Crippen molar-refractivity contribution in [1.82, 2.24) is 9.55 Å². The van der Waals surface area contributed by atoms with Crippen LogP contribution in [-0.2, 0) is 0 Å². The van der Waals surface area contributed by atoms with Crippen LogP contribution in [0.25, 0.3) is 17.2 Å². The molecule has 0 spiro atoms. The maximum atomic E-state index is 9.13. The highest BCUT2D eigenvalue weighted by Crippen LogP contribution is 2.45. The van der Waals surface area contributed by atoms with E-state index in [4.69, 9.17) is 5.26 Å². The van der Waals surface area contributed by atoms with Gasteiger partial charge in [0.05, 0.1) is 28.9 Å². The van der Waals surface area contributed by atoms with Gasteiger partial charge in [0.1, 0.15) is 0 Å². The average molecular weight is 282 g/mol. The summed E-state index contributed by atoms with van der Waals surface area (Å²) in [4.78, 5) is 9.03. The van der Waals surface area contributed by atoms with E-state index in [2.05, 4.69) is 34.4 Å². The van der Waals surface area contributed by atoms with Gasteiger partial charge in [-0.15, -0.1) is 0 Å². The average Bonchev–Trinajstić information content (AvgIpc) is 3.19. The Morgan fingerprint density at radius 1 is 1.14 bits per heavy atom. The third kappa shape index (κ3) is 1.40. The first-order valence-electron chi connectivity index (χ1n) is 7.11. The summed E-state index contributed by atoms with van der Waals surface area (Å²) in [5, 5.41) is 9.13. The fourth-order valence-electron chi connectivity index (χ4n) is 3.26. The number of aromatic nitrogens is 2. The Kier molecular flexibility index (Phi) is 2.05. The van der Waals surface area contributed by atoms with Crippen LogP contribution in [0.15, 0.2) is 63.8 Å². The molecule has 102 valence electrons. The number of aliphatic imine (C=N–C) groups is 1. The molecule has 4 heteroatoms. The van der Waals surface area contributed by atoms with Crippen molar-refractivity contribution < 1.29 is 0 Å². The van der Waals surface area contributed by atoms with E-state index < -0.39 is 0 Å². The molecule has 5 rings (SSSR count). The van der Waals surface area contributed by atoms with Crippen molar-refractivity contribution in [2.24, 2.45) is 4.99 Å². The van der Waals surface area contributed by atoms with Crippen LogP contribution < -0.4 is 0 Å². The zero-order chi connectivity index (χ0) is 14.7. The van der Waals surface area contributed by atoms with Crippen LogP contribution in [0, 0.1) is 11.3 Å². The summed E-state index contributed by atoms with van der Waals surface area (Å²) >= 11 is 0. The van der Waals surface area contributed by atoms with Gasteiger partial charge in [0, 0.05) is 23.5 Å². The maximum absolute atomic E-state index is 9.13. The summed E-state index contributed by atoms with van der Waals surface area (Å²) in [6.07, 6.45) is 11.1. The van der Waals surface area contributed by atoms with Crippen molar-refractivity contribution in [3.05, 3.63) is 70.2 Å². The van der Waals surface area contributed by atoms with Crippen molar-refractivity contribution in [3.63, 3.8) is 0 Å². The molecule has 1 aliphatic heterocycles. The Morgan fingerprint density at radius 3 is 2.86 bits per heavy atom. The monoisotopic (exact) mass is 282 g/mol. The minimum absolute atomic E-state index is 0.637. The molecule has 0 N–H and O–H groups in total. The SMILES string of the molecule is N#Cc1ccc2nc3n(c2c1)C=C1C2=CC=C(C2)C1=CN=C3. The fraction of sp³-hybridized carbons (Fsp3) is 0.0556. The van der Waals surface area contributed by atoms with Crippen LogP contribution in [0.3, 0.4) is 0 Å². The molecule has 1 aromatic heterocycles. The first kappa shape index (κ1) is 11.5. The largest absolute Gasteiger partial charge is 0.298 e. The molecule has 2 bridgehead atoms. The molecule has 2 heterocycles. The smallest absolute Gasteiger partial charge is 0.156 e. The Morgan fingerprint density at radius 2 is 2.00 bits per heavy atom. The normalized spacial score (nSPS) is 17.8. The Hall–Kier alpha value is -3.19. The number of hydrogen-bond acceptors (Lipinski definition) is 3.